The van der Waals surface area contributed by atoms with Gasteiger partial charge < -0.3 is 10.1 Å². The molecule has 2 aromatic rings. The highest BCUT2D eigenvalue weighted by molar-refractivity contribution is 7.90. The van der Waals surface area contributed by atoms with Crippen LogP contribution in [0.3, 0.4) is 0 Å². The zero-order valence-corrected chi connectivity index (χ0v) is 17.3. The molecule has 3 rings (SSSR count). The van der Waals surface area contributed by atoms with Gasteiger partial charge in [-0.3, -0.25) is 9.79 Å². The molecule has 0 aliphatic carbocycles. The minimum absolute atomic E-state index is 0.0541. The van der Waals surface area contributed by atoms with E-state index in [2.05, 4.69) is 15.0 Å². The van der Waals surface area contributed by atoms with E-state index in [1.54, 1.807) is 24.3 Å². The number of benzene rings is 2. The Hall–Kier alpha value is -2.87. The van der Waals surface area contributed by atoms with Crippen LogP contribution < -0.4 is 10.0 Å². The highest BCUT2D eigenvalue weighted by atomic mass is 32.2. The van der Waals surface area contributed by atoms with E-state index in [0.717, 1.165) is 11.1 Å². The van der Waals surface area contributed by atoms with Crippen LogP contribution in [0.2, 0.25) is 0 Å². The van der Waals surface area contributed by atoms with Gasteiger partial charge in [0, 0.05) is 6.04 Å². The van der Waals surface area contributed by atoms with Crippen molar-refractivity contribution in [2.45, 2.75) is 36.6 Å². The van der Waals surface area contributed by atoms with Gasteiger partial charge in [-0.2, -0.15) is 0 Å². The van der Waals surface area contributed by atoms with Crippen molar-refractivity contribution in [1.82, 2.24) is 10.0 Å². The molecular weight excluding hydrogens is 390 g/mol. The zero-order valence-electron chi connectivity index (χ0n) is 16.5. The number of esters is 1. The number of ether oxygens (including phenoxy) is 1. The average molecular weight is 416 g/mol. The first-order valence-electron chi connectivity index (χ1n) is 9.42. The molecule has 1 aliphatic rings. The number of carbonyl (C=O) groups is 1. The van der Waals surface area contributed by atoms with Gasteiger partial charge in [-0.25, -0.2) is 13.1 Å². The number of hydrogen-bond acceptors (Lipinski definition) is 6. The molecule has 0 fully saturated rings. The molecule has 2 aromatic carbocycles. The molecule has 0 radical (unpaired) electrons. The molecular formula is C21H25N3O4S. The summed E-state index contributed by atoms with van der Waals surface area (Å²) in [6.07, 6.45) is 1.22. The quantitative estimate of drug-likeness (QED) is 0.677. The summed E-state index contributed by atoms with van der Waals surface area (Å²) >= 11 is 0. The molecule has 0 amide bonds. The summed E-state index contributed by atoms with van der Waals surface area (Å²) in [5.74, 6) is -0.420. The number of nitrogens with zero attached hydrogens (tertiary/aromatic N) is 1. The second kappa shape index (κ2) is 9.09. The third-order valence-electron chi connectivity index (χ3n) is 4.86. The van der Waals surface area contributed by atoms with Crippen molar-refractivity contribution < 1.29 is 17.9 Å². The third-order valence-corrected chi connectivity index (χ3v) is 6.22. The van der Waals surface area contributed by atoms with E-state index in [-0.39, 0.29) is 28.8 Å². The van der Waals surface area contributed by atoms with Gasteiger partial charge in [0.15, 0.2) is 0 Å². The lowest BCUT2D eigenvalue weighted by molar-refractivity contribution is -0.142. The Labute approximate surface area is 171 Å². The first-order valence-corrected chi connectivity index (χ1v) is 10.9. The van der Waals surface area contributed by atoms with Crippen LogP contribution in [0, 0.1) is 6.92 Å². The summed E-state index contributed by atoms with van der Waals surface area (Å²) in [5.41, 5.74) is 1.89. The van der Waals surface area contributed by atoms with E-state index in [1.807, 2.05) is 37.3 Å². The van der Waals surface area contributed by atoms with Gasteiger partial charge in [-0.05, 0) is 37.5 Å². The van der Waals surface area contributed by atoms with Gasteiger partial charge in [0.2, 0.25) is 5.96 Å². The lowest BCUT2D eigenvalue weighted by atomic mass is 9.92. The van der Waals surface area contributed by atoms with Crippen molar-refractivity contribution in [2.75, 3.05) is 13.7 Å². The topological polar surface area (TPSA) is 96.9 Å². The van der Waals surface area contributed by atoms with Crippen molar-refractivity contribution in [3.8, 4) is 0 Å². The summed E-state index contributed by atoms with van der Waals surface area (Å²) in [7, 11) is -2.31. The number of rotatable bonds is 7. The Morgan fingerprint density at radius 2 is 1.90 bits per heavy atom. The van der Waals surface area contributed by atoms with Crippen molar-refractivity contribution in [3.05, 3.63) is 65.7 Å². The average Bonchev–Trinajstić information content (AvgIpc) is 3.15. The number of methoxy groups -OCH3 is 1. The molecule has 0 saturated heterocycles. The molecule has 7 nitrogen and oxygen atoms in total. The lowest BCUT2D eigenvalue weighted by Crippen LogP contribution is -2.42. The lowest BCUT2D eigenvalue weighted by Gasteiger charge is -2.18. The van der Waals surface area contributed by atoms with E-state index < -0.39 is 10.0 Å². The second-order valence-corrected chi connectivity index (χ2v) is 8.70. The smallest absolute Gasteiger partial charge is 0.313 e. The zero-order chi connectivity index (χ0) is 20.9. The standard InChI is InChI=1S/C21H25N3O4S/c1-15-8-11-18(12-9-15)29(26,27)24-21-22-14-17(23-21)10-13-19(20(25)28-2)16-6-4-3-5-7-16/h3-9,11-12,17,19H,10,13-14H2,1-2H3,(H2,22,23,24)/t17-,19-/m1/s1. The highest BCUT2D eigenvalue weighted by Gasteiger charge is 2.26. The molecule has 29 heavy (non-hydrogen) atoms. The number of aliphatic imine (C=N–C) groups is 1. The molecule has 8 heteroatoms. The number of guanidine groups is 1. The van der Waals surface area contributed by atoms with E-state index >= 15 is 0 Å². The first-order chi connectivity index (χ1) is 13.9. The van der Waals surface area contributed by atoms with E-state index in [0.29, 0.717) is 19.4 Å². The molecule has 154 valence electrons. The number of nitrogens with one attached hydrogen (secondary N) is 2. The van der Waals surface area contributed by atoms with Crippen LogP contribution in [0.4, 0.5) is 0 Å². The third kappa shape index (κ3) is 5.35. The first kappa shape index (κ1) is 20.9. The molecule has 0 saturated carbocycles. The molecule has 1 heterocycles. The number of carbonyl (C=O) groups excluding carboxylic acids is 1. The van der Waals surface area contributed by atoms with Gasteiger partial charge in [0.1, 0.15) is 0 Å². The molecule has 1 aliphatic heterocycles. The normalized spacial score (nSPS) is 17.2. The summed E-state index contributed by atoms with van der Waals surface area (Å²) in [6, 6.07) is 16.0. The van der Waals surface area contributed by atoms with Crippen molar-refractivity contribution >= 4 is 22.0 Å². The van der Waals surface area contributed by atoms with Crippen molar-refractivity contribution in [1.29, 1.82) is 0 Å². The Balaban J connectivity index is 1.57. The minimum atomic E-state index is -3.69. The summed E-state index contributed by atoms with van der Waals surface area (Å²) in [6.45, 7) is 2.34. The largest absolute Gasteiger partial charge is 0.469 e. The molecule has 0 spiro atoms. The molecule has 2 atom stereocenters. The monoisotopic (exact) mass is 415 g/mol. The maximum absolute atomic E-state index is 12.5. The summed E-state index contributed by atoms with van der Waals surface area (Å²) < 4.78 is 32.4. The second-order valence-electron chi connectivity index (χ2n) is 7.01. The van der Waals surface area contributed by atoms with Crippen LogP contribution in [-0.2, 0) is 19.6 Å². The number of sulfonamides is 1. The fourth-order valence-electron chi connectivity index (χ4n) is 3.23. The van der Waals surface area contributed by atoms with E-state index in [9.17, 15) is 13.2 Å². The van der Waals surface area contributed by atoms with Crippen LogP contribution in [0.15, 0.2) is 64.5 Å². The molecule has 0 bridgehead atoms. The number of aryl methyl sites for hydroxylation is 1. The summed E-state index contributed by atoms with van der Waals surface area (Å²) in [4.78, 5) is 16.6. The SMILES string of the molecule is COC(=O)[C@H](CC[C@@H]1CN=C(NS(=O)(=O)c2ccc(C)cc2)N1)c1ccccc1. The maximum atomic E-state index is 12.5. The predicted octanol–water partition coefficient (Wildman–Crippen LogP) is 2.34. The van der Waals surface area contributed by atoms with E-state index in [1.165, 1.54) is 7.11 Å². The Morgan fingerprint density at radius 1 is 1.21 bits per heavy atom. The van der Waals surface area contributed by atoms with Crippen LogP contribution in [0.25, 0.3) is 0 Å². The van der Waals surface area contributed by atoms with Crippen molar-refractivity contribution in [3.63, 3.8) is 0 Å². The molecule has 2 N–H and O–H groups in total. The van der Waals surface area contributed by atoms with Gasteiger partial charge in [0.05, 0.1) is 24.5 Å². The van der Waals surface area contributed by atoms with Crippen LogP contribution in [-0.4, -0.2) is 40.0 Å². The Kier molecular flexibility index (Phi) is 6.53. The van der Waals surface area contributed by atoms with Crippen LogP contribution in [0.5, 0.6) is 0 Å². The maximum Gasteiger partial charge on any atom is 0.313 e. The van der Waals surface area contributed by atoms with Gasteiger partial charge in [-0.1, -0.05) is 48.0 Å². The van der Waals surface area contributed by atoms with Gasteiger partial charge in [0.25, 0.3) is 10.0 Å². The van der Waals surface area contributed by atoms with E-state index in [4.69, 9.17) is 4.74 Å². The number of hydrogen-bond donors (Lipinski definition) is 2. The molecule has 0 aromatic heterocycles. The minimum Gasteiger partial charge on any atom is -0.469 e. The van der Waals surface area contributed by atoms with Gasteiger partial charge >= 0.3 is 5.97 Å². The summed E-state index contributed by atoms with van der Waals surface area (Å²) in [5, 5.41) is 3.10. The highest BCUT2D eigenvalue weighted by Crippen LogP contribution is 2.24. The van der Waals surface area contributed by atoms with Gasteiger partial charge in [-0.15, -0.1) is 0 Å². The van der Waals surface area contributed by atoms with Crippen LogP contribution >= 0.6 is 0 Å². The predicted molar refractivity (Wildman–Crippen MR) is 111 cm³/mol. The fraction of sp³-hybridized carbons (Fsp3) is 0.333. The Bertz CT molecular complexity index is 973. The Morgan fingerprint density at radius 3 is 2.55 bits per heavy atom. The van der Waals surface area contributed by atoms with Crippen molar-refractivity contribution in [2.24, 2.45) is 4.99 Å². The van der Waals surface area contributed by atoms with Crippen LogP contribution in [0.1, 0.15) is 29.9 Å². The fourth-order valence-corrected chi connectivity index (χ4v) is 4.22. The molecule has 0 unspecified atom stereocenters.